The van der Waals surface area contributed by atoms with Crippen molar-refractivity contribution in [3.63, 3.8) is 0 Å². The van der Waals surface area contributed by atoms with Crippen molar-refractivity contribution in [2.75, 3.05) is 13.1 Å². The second kappa shape index (κ2) is 5.66. The number of halogens is 3. The number of carbonyl (C=O) groups excluding carboxylic acids is 1. The Morgan fingerprint density at radius 1 is 1.38 bits per heavy atom. The molecule has 0 aromatic carbocycles. The van der Waals surface area contributed by atoms with Crippen LogP contribution in [0, 0.1) is 0 Å². The largest absolute Gasteiger partial charge is 0.401 e. The zero-order valence-corrected chi connectivity index (χ0v) is 9.52. The summed E-state index contributed by atoms with van der Waals surface area (Å²) in [6.07, 6.45) is -0.889. The fraction of sp³-hybridized carbons (Fsp3) is 0.909. The van der Waals surface area contributed by atoms with Gasteiger partial charge in [0.25, 0.3) is 0 Å². The summed E-state index contributed by atoms with van der Waals surface area (Å²) < 4.78 is 37.1. The van der Waals surface area contributed by atoms with Crippen LogP contribution in [-0.2, 0) is 4.79 Å². The molecule has 0 radical (unpaired) electrons. The van der Waals surface area contributed by atoms with E-state index < -0.39 is 18.8 Å². The van der Waals surface area contributed by atoms with Crippen LogP contribution in [0.1, 0.15) is 39.0 Å². The quantitative estimate of drug-likeness (QED) is 0.749. The molecule has 5 heteroatoms. The van der Waals surface area contributed by atoms with Gasteiger partial charge in [-0.05, 0) is 25.8 Å². The van der Waals surface area contributed by atoms with Crippen LogP contribution in [0.4, 0.5) is 13.2 Å². The van der Waals surface area contributed by atoms with E-state index in [1.165, 1.54) is 4.90 Å². The Balaban J connectivity index is 2.63. The molecular formula is C11H18F3NO. The van der Waals surface area contributed by atoms with E-state index in [1.54, 1.807) is 0 Å². The molecule has 0 aromatic rings. The van der Waals surface area contributed by atoms with E-state index in [2.05, 4.69) is 0 Å². The standard InChI is InChI=1S/C11H18F3NO/c1-2-7-15(8-11(12,13)14)9-5-3-4-6-10(9)16/h9H,2-8H2,1H3. The molecule has 1 fully saturated rings. The molecule has 94 valence electrons. The van der Waals surface area contributed by atoms with Crippen LogP contribution in [-0.4, -0.2) is 36.0 Å². The number of carbonyl (C=O) groups is 1. The first kappa shape index (κ1) is 13.5. The van der Waals surface area contributed by atoms with Crippen molar-refractivity contribution in [3.05, 3.63) is 0 Å². The van der Waals surface area contributed by atoms with Gasteiger partial charge in [-0.25, -0.2) is 0 Å². The molecule has 1 rings (SSSR count). The lowest BCUT2D eigenvalue weighted by molar-refractivity contribution is -0.156. The maximum atomic E-state index is 12.4. The first-order chi connectivity index (χ1) is 7.44. The van der Waals surface area contributed by atoms with Gasteiger partial charge in [-0.2, -0.15) is 13.2 Å². The molecule has 1 saturated carbocycles. The Hall–Kier alpha value is -0.580. The van der Waals surface area contributed by atoms with Crippen LogP contribution in [0.5, 0.6) is 0 Å². The van der Waals surface area contributed by atoms with Crippen molar-refractivity contribution >= 4 is 5.78 Å². The minimum atomic E-state index is -4.22. The van der Waals surface area contributed by atoms with Gasteiger partial charge in [0.2, 0.25) is 0 Å². The third-order valence-electron chi connectivity index (χ3n) is 2.86. The Morgan fingerprint density at radius 2 is 2.06 bits per heavy atom. The van der Waals surface area contributed by atoms with Crippen LogP contribution in [0.2, 0.25) is 0 Å². The average molecular weight is 237 g/mol. The Labute approximate surface area is 93.8 Å². The van der Waals surface area contributed by atoms with Gasteiger partial charge in [0.05, 0.1) is 12.6 Å². The minimum absolute atomic E-state index is 0.0241. The molecule has 0 aliphatic heterocycles. The van der Waals surface area contributed by atoms with E-state index in [0.29, 0.717) is 25.8 Å². The zero-order chi connectivity index (χ0) is 12.2. The molecular weight excluding hydrogens is 219 g/mol. The van der Waals surface area contributed by atoms with Crippen LogP contribution >= 0.6 is 0 Å². The van der Waals surface area contributed by atoms with Gasteiger partial charge in [0, 0.05) is 6.42 Å². The molecule has 1 unspecified atom stereocenters. The molecule has 0 spiro atoms. The van der Waals surface area contributed by atoms with Crippen molar-refractivity contribution in [3.8, 4) is 0 Å². The van der Waals surface area contributed by atoms with Gasteiger partial charge in [-0.1, -0.05) is 13.3 Å². The van der Waals surface area contributed by atoms with Crippen molar-refractivity contribution < 1.29 is 18.0 Å². The second-order valence-electron chi connectivity index (χ2n) is 4.31. The highest BCUT2D eigenvalue weighted by molar-refractivity contribution is 5.84. The fourth-order valence-corrected chi connectivity index (χ4v) is 2.21. The van der Waals surface area contributed by atoms with Crippen molar-refractivity contribution in [2.24, 2.45) is 0 Å². The molecule has 2 nitrogen and oxygen atoms in total. The number of ketones is 1. The third kappa shape index (κ3) is 4.12. The van der Waals surface area contributed by atoms with Gasteiger partial charge in [0.1, 0.15) is 5.78 Å². The molecule has 1 aliphatic carbocycles. The summed E-state index contributed by atoms with van der Waals surface area (Å²) in [7, 11) is 0. The van der Waals surface area contributed by atoms with Crippen molar-refractivity contribution in [1.82, 2.24) is 4.90 Å². The summed E-state index contributed by atoms with van der Waals surface area (Å²) in [4.78, 5) is 12.9. The zero-order valence-electron chi connectivity index (χ0n) is 9.52. The molecule has 0 amide bonds. The molecule has 0 N–H and O–H groups in total. The van der Waals surface area contributed by atoms with E-state index in [9.17, 15) is 18.0 Å². The van der Waals surface area contributed by atoms with E-state index in [-0.39, 0.29) is 5.78 Å². The van der Waals surface area contributed by atoms with E-state index in [0.717, 1.165) is 12.8 Å². The molecule has 1 atom stereocenters. The summed E-state index contributed by atoms with van der Waals surface area (Å²) in [5, 5.41) is 0. The third-order valence-corrected chi connectivity index (χ3v) is 2.86. The van der Waals surface area contributed by atoms with Gasteiger partial charge < -0.3 is 0 Å². The highest BCUT2D eigenvalue weighted by Gasteiger charge is 2.36. The van der Waals surface area contributed by atoms with Gasteiger partial charge in [-0.3, -0.25) is 9.69 Å². The highest BCUT2D eigenvalue weighted by atomic mass is 19.4. The first-order valence-corrected chi connectivity index (χ1v) is 5.77. The van der Waals surface area contributed by atoms with Gasteiger partial charge >= 0.3 is 6.18 Å². The number of nitrogens with zero attached hydrogens (tertiary/aromatic N) is 1. The lowest BCUT2D eigenvalue weighted by Crippen LogP contribution is -2.47. The summed E-state index contributed by atoms with van der Waals surface area (Å²) in [5.74, 6) is -0.0241. The predicted molar refractivity (Wildman–Crippen MR) is 55.2 cm³/mol. The second-order valence-corrected chi connectivity index (χ2v) is 4.31. The normalized spacial score (nSPS) is 22.8. The summed E-state index contributed by atoms with van der Waals surface area (Å²) in [6.45, 7) is 1.21. The molecule has 0 heterocycles. The minimum Gasteiger partial charge on any atom is -0.298 e. The highest BCUT2D eigenvalue weighted by Crippen LogP contribution is 2.24. The Morgan fingerprint density at radius 3 is 2.56 bits per heavy atom. The summed E-state index contributed by atoms with van der Waals surface area (Å²) in [6, 6.07) is -0.504. The van der Waals surface area contributed by atoms with E-state index in [1.807, 2.05) is 6.92 Å². The van der Waals surface area contributed by atoms with Gasteiger partial charge in [-0.15, -0.1) is 0 Å². The molecule has 16 heavy (non-hydrogen) atoms. The smallest absolute Gasteiger partial charge is 0.298 e. The van der Waals surface area contributed by atoms with Crippen molar-refractivity contribution in [2.45, 2.75) is 51.2 Å². The summed E-state index contributed by atoms with van der Waals surface area (Å²) in [5.41, 5.74) is 0. The first-order valence-electron chi connectivity index (χ1n) is 5.77. The summed E-state index contributed by atoms with van der Waals surface area (Å²) >= 11 is 0. The molecule has 0 aromatic heterocycles. The Bertz CT molecular complexity index is 240. The maximum absolute atomic E-state index is 12.4. The van der Waals surface area contributed by atoms with Crippen LogP contribution in [0.15, 0.2) is 0 Å². The number of hydrogen-bond donors (Lipinski definition) is 0. The number of hydrogen-bond acceptors (Lipinski definition) is 2. The topological polar surface area (TPSA) is 20.3 Å². The molecule has 1 aliphatic rings. The van der Waals surface area contributed by atoms with Crippen molar-refractivity contribution in [1.29, 1.82) is 0 Å². The maximum Gasteiger partial charge on any atom is 0.401 e. The lowest BCUT2D eigenvalue weighted by atomic mass is 9.92. The molecule has 0 saturated heterocycles. The number of Topliss-reactive ketones (excluding diaryl/α,β-unsaturated/α-hetero) is 1. The number of rotatable bonds is 4. The SMILES string of the molecule is CCCN(CC(F)(F)F)C1CCCCC1=O. The number of alkyl halides is 3. The van der Waals surface area contributed by atoms with E-state index >= 15 is 0 Å². The van der Waals surface area contributed by atoms with E-state index in [4.69, 9.17) is 0 Å². The van der Waals surface area contributed by atoms with Crippen LogP contribution < -0.4 is 0 Å². The van der Waals surface area contributed by atoms with Crippen LogP contribution in [0.3, 0.4) is 0 Å². The van der Waals surface area contributed by atoms with Crippen LogP contribution in [0.25, 0.3) is 0 Å². The average Bonchev–Trinajstić information content (AvgIpc) is 2.16. The monoisotopic (exact) mass is 237 g/mol. The lowest BCUT2D eigenvalue weighted by Gasteiger charge is -2.33. The van der Waals surface area contributed by atoms with Gasteiger partial charge in [0.15, 0.2) is 0 Å². The molecule has 0 bridgehead atoms. The Kier molecular flexibility index (Phi) is 4.77. The predicted octanol–water partition coefficient (Wildman–Crippen LogP) is 2.77. The fourth-order valence-electron chi connectivity index (χ4n) is 2.21.